The average molecular weight is 268 g/mol. The van der Waals surface area contributed by atoms with Crippen molar-refractivity contribution in [3.8, 4) is 0 Å². The molecule has 20 heavy (non-hydrogen) atoms. The Kier molecular flexibility index (Phi) is 4.53. The van der Waals surface area contributed by atoms with Crippen molar-refractivity contribution in [2.45, 2.75) is 26.8 Å². The molecule has 0 heterocycles. The number of carbonyl (C=O) groups is 1. The quantitative estimate of drug-likeness (QED) is 0.895. The van der Waals surface area contributed by atoms with E-state index in [0.717, 1.165) is 22.4 Å². The molecule has 0 aromatic heterocycles. The molecule has 0 aliphatic rings. The van der Waals surface area contributed by atoms with Gasteiger partial charge in [-0.15, -0.1) is 0 Å². The second-order valence-electron chi connectivity index (χ2n) is 4.95. The molecule has 0 spiro atoms. The molecule has 0 aliphatic heterocycles. The van der Waals surface area contributed by atoms with Crippen LogP contribution in [0.15, 0.2) is 42.5 Å². The topological polar surface area (TPSA) is 55.1 Å². The van der Waals surface area contributed by atoms with Crippen LogP contribution in [0.5, 0.6) is 0 Å². The van der Waals surface area contributed by atoms with E-state index in [4.69, 9.17) is 5.73 Å². The summed E-state index contributed by atoms with van der Waals surface area (Å²) in [5.41, 5.74) is 10.8. The molecular weight excluding hydrogens is 248 g/mol. The van der Waals surface area contributed by atoms with Crippen LogP contribution < -0.4 is 11.1 Å². The van der Waals surface area contributed by atoms with Crippen molar-refractivity contribution in [3.63, 3.8) is 0 Å². The molecule has 2 aromatic carbocycles. The summed E-state index contributed by atoms with van der Waals surface area (Å²) in [5, 5.41) is 2.97. The van der Waals surface area contributed by atoms with Crippen molar-refractivity contribution in [3.05, 3.63) is 64.7 Å². The Bertz CT molecular complexity index is 620. The first kappa shape index (κ1) is 14.3. The molecule has 0 unspecified atom stereocenters. The fourth-order valence-electron chi connectivity index (χ4n) is 2.18. The van der Waals surface area contributed by atoms with Gasteiger partial charge in [-0.3, -0.25) is 4.79 Å². The van der Waals surface area contributed by atoms with Crippen LogP contribution in [0, 0.1) is 13.8 Å². The zero-order chi connectivity index (χ0) is 14.5. The molecule has 0 fully saturated rings. The molecule has 0 saturated heterocycles. The Morgan fingerprint density at radius 2 is 1.75 bits per heavy atom. The monoisotopic (exact) mass is 268 g/mol. The van der Waals surface area contributed by atoms with Crippen LogP contribution >= 0.6 is 0 Å². The first-order valence-electron chi connectivity index (χ1n) is 6.74. The second-order valence-corrected chi connectivity index (χ2v) is 4.95. The van der Waals surface area contributed by atoms with Gasteiger partial charge in [-0.05, 0) is 42.2 Å². The lowest BCUT2D eigenvalue weighted by atomic mass is 10.0. The standard InChI is InChI=1S/C17H20N2O/c1-12-6-5-9-16(13(12)2)19-17(20)10-14-7-3-4-8-15(14)11-18/h3-9H,10-11,18H2,1-2H3,(H,19,20). The van der Waals surface area contributed by atoms with E-state index in [1.807, 2.05) is 56.3 Å². The lowest BCUT2D eigenvalue weighted by Crippen LogP contribution is -2.17. The summed E-state index contributed by atoms with van der Waals surface area (Å²) in [6.45, 7) is 4.50. The zero-order valence-corrected chi connectivity index (χ0v) is 11.9. The number of anilines is 1. The summed E-state index contributed by atoms with van der Waals surface area (Å²) in [4.78, 5) is 12.2. The summed E-state index contributed by atoms with van der Waals surface area (Å²) < 4.78 is 0. The highest BCUT2D eigenvalue weighted by atomic mass is 16.1. The van der Waals surface area contributed by atoms with E-state index in [1.165, 1.54) is 5.56 Å². The summed E-state index contributed by atoms with van der Waals surface area (Å²) in [5.74, 6) is -0.0143. The Labute approximate surface area is 119 Å². The second kappa shape index (κ2) is 6.35. The normalized spacial score (nSPS) is 10.3. The van der Waals surface area contributed by atoms with Crippen LogP contribution in [0.25, 0.3) is 0 Å². The van der Waals surface area contributed by atoms with Gasteiger partial charge < -0.3 is 11.1 Å². The number of benzene rings is 2. The van der Waals surface area contributed by atoms with Crippen molar-refractivity contribution < 1.29 is 4.79 Å². The number of rotatable bonds is 4. The molecule has 2 aromatic rings. The van der Waals surface area contributed by atoms with Gasteiger partial charge in [0.05, 0.1) is 6.42 Å². The summed E-state index contributed by atoms with van der Waals surface area (Å²) in [6, 6.07) is 13.7. The van der Waals surface area contributed by atoms with E-state index in [1.54, 1.807) is 0 Å². The average Bonchev–Trinajstić information content (AvgIpc) is 2.44. The van der Waals surface area contributed by atoms with E-state index >= 15 is 0 Å². The maximum Gasteiger partial charge on any atom is 0.228 e. The molecule has 0 saturated carbocycles. The third-order valence-corrected chi connectivity index (χ3v) is 3.57. The fraction of sp³-hybridized carbons (Fsp3) is 0.235. The number of hydrogen-bond donors (Lipinski definition) is 2. The van der Waals surface area contributed by atoms with Crippen LogP contribution in [0.1, 0.15) is 22.3 Å². The number of nitrogens with one attached hydrogen (secondary N) is 1. The van der Waals surface area contributed by atoms with E-state index in [0.29, 0.717) is 13.0 Å². The number of nitrogens with two attached hydrogens (primary N) is 1. The SMILES string of the molecule is Cc1cccc(NC(=O)Cc2ccccc2CN)c1C. The minimum Gasteiger partial charge on any atom is -0.326 e. The van der Waals surface area contributed by atoms with E-state index in [2.05, 4.69) is 5.32 Å². The molecule has 2 rings (SSSR count). The fourth-order valence-corrected chi connectivity index (χ4v) is 2.18. The van der Waals surface area contributed by atoms with Crippen LogP contribution in [0.4, 0.5) is 5.69 Å². The predicted octanol–water partition coefficient (Wildman–Crippen LogP) is 2.94. The first-order valence-corrected chi connectivity index (χ1v) is 6.74. The predicted molar refractivity (Wildman–Crippen MR) is 82.6 cm³/mol. The Morgan fingerprint density at radius 1 is 1.05 bits per heavy atom. The van der Waals surface area contributed by atoms with Crippen LogP contribution in [-0.2, 0) is 17.8 Å². The molecule has 1 amide bonds. The third kappa shape index (κ3) is 3.25. The molecule has 0 aliphatic carbocycles. The number of hydrogen-bond acceptors (Lipinski definition) is 2. The highest BCUT2D eigenvalue weighted by Crippen LogP contribution is 2.18. The van der Waals surface area contributed by atoms with Gasteiger partial charge in [-0.2, -0.15) is 0 Å². The van der Waals surface area contributed by atoms with Crippen molar-refractivity contribution in [1.29, 1.82) is 0 Å². The first-order chi connectivity index (χ1) is 9.61. The minimum absolute atomic E-state index is 0.0143. The summed E-state index contributed by atoms with van der Waals surface area (Å²) in [6.07, 6.45) is 0.348. The van der Waals surface area contributed by atoms with Crippen LogP contribution in [-0.4, -0.2) is 5.91 Å². The largest absolute Gasteiger partial charge is 0.326 e. The van der Waals surface area contributed by atoms with E-state index < -0.39 is 0 Å². The van der Waals surface area contributed by atoms with E-state index in [9.17, 15) is 4.79 Å². The van der Waals surface area contributed by atoms with Gasteiger partial charge in [0.25, 0.3) is 0 Å². The number of carbonyl (C=O) groups excluding carboxylic acids is 1. The summed E-state index contributed by atoms with van der Waals surface area (Å²) >= 11 is 0. The minimum atomic E-state index is -0.0143. The van der Waals surface area contributed by atoms with Crippen molar-refractivity contribution >= 4 is 11.6 Å². The Balaban J connectivity index is 2.11. The number of aryl methyl sites for hydroxylation is 1. The van der Waals surface area contributed by atoms with Crippen LogP contribution in [0.2, 0.25) is 0 Å². The van der Waals surface area contributed by atoms with Gasteiger partial charge in [0.2, 0.25) is 5.91 Å². The van der Waals surface area contributed by atoms with Gasteiger partial charge in [-0.25, -0.2) is 0 Å². The van der Waals surface area contributed by atoms with Gasteiger partial charge >= 0.3 is 0 Å². The van der Waals surface area contributed by atoms with Gasteiger partial charge in [-0.1, -0.05) is 36.4 Å². The lowest BCUT2D eigenvalue weighted by molar-refractivity contribution is -0.115. The summed E-state index contributed by atoms with van der Waals surface area (Å²) in [7, 11) is 0. The Hall–Kier alpha value is -2.13. The Morgan fingerprint density at radius 3 is 2.45 bits per heavy atom. The molecule has 104 valence electrons. The molecule has 3 heteroatoms. The van der Waals surface area contributed by atoms with Crippen molar-refractivity contribution in [1.82, 2.24) is 0 Å². The van der Waals surface area contributed by atoms with Crippen molar-refractivity contribution in [2.75, 3.05) is 5.32 Å². The molecule has 0 atom stereocenters. The molecule has 0 radical (unpaired) electrons. The highest BCUT2D eigenvalue weighted by Gasteiger charge is 2.09. The van der Waals surface area contributed by atoms with Crippen LogP contribution in [0.3, 0.4) is 0 Å². The van der Waals surface area contributed by atoms with Crippen molar-refractivity contribution in [2.24, 2.45) is 5.73 Å². The lowest BCUT2D eigenvalue weighted by Gasteiger charge is -2.11. The molecule has 0 bridgehead atoms. The number of amides is 1. The molecular formula is C17H20N2O. The third-order valence-electron chi connectivity index (χ3n) is 3.57. The highest BCUT2D eigenvalue weighted by molar-refractivity contribution is 5.93. The maximum atomic E-state index is 12.2. The smallest absolute Gasteiger partial charge is 0.228 e. The van der Waals surface area contributed by atoms with Gasteiger partial charge in [0.15, 0.2) is 0 Å². The maximum absolute atomic E-state index is 12.2. The zero-order valence-electron chi connectivity index (χ0n) is 11.9. The molecule has 3 nitrogen and oxygen atoms in total. The van der Waals surface area contributed by atoms with Gasteiger partial charge in [0.1, 0.15) is 0 Å². The van der Waals surface area contributed by atoms with Gasteiger partial charge in [0, 0.05) is 12.2 Å². The molecule has 3 N–H and O–H groups in total. The van der Waals surface area contributed by atoms with E-state index in [-0.39, 0.29) is 5.91 Å².